The van der Waals surface area contributed by atoms with E-state index in [0.717, 1.165) is 6.42 Å². The highest BCUT2D eigenvalue weighted by Gasteiger charge is 2.29. The van der Waals surface area contributed by atoms with E-state index in [1.54, 1.807) is 0 Å². The number of alkyl halides is 1. The van der Waals surface area contributed by atoms with Crippen LogP contribution in [0.1, 0.15) is 6.42 Å². The van der Waals surface area contributed by atoms with Crippen LogP contribution in [0.25, 0.3) is 0 Å². The van der Waals surface area contributed by atoms with Crippen molar-refractivity contribution >= 4 is 21.6 Å². The third kappa shape index (κ3) is 3.09. The van der Waals surface area contributed by atoms with Crippen LogP contribution in [0.15, 0.2) is 0 Å². The summed E-state index contributed by atoms with van der Waals surface area (Å²) in [5.74, 6) is 0.0487. The minimum Gasteiger partial charge on any atom is -0.384 e. The molecule has 1 aliphatic heterocycles. The summed E-state index contributed by atoms with van der Waals surface area (Å²) in [6.45, 7) is 1.22. The quantitative estimate of drug-likeness (QED) is 0.648. The highest BCUT2D eigenvalue weighted by Crippen LogP contribution is 2.18. The molecule has 13 heavy (non-hydrogen) atoms. The molecule has 1 fully saturated rings. The van der Waals surface area contributed by atoms with E-state index in [9.17, 15) is 8.42 Å². The summed E-state index contributed by atoms with van der Waals surface area (Å²) in [6, 6.07) is 0. The number of methoxy groups -OCH3 is 1. The third-order valence-corrected chi connectivity index (χ3v) is 4.19. The molecule has 0 bridgehead atoms. The van der Waals surface area contributed by atoms with Crippen LogP contribution in [0, 0.1) is 0 Å². The van der Waals surface area contributed by atoms with Gasteiger partial charge in [0.15, 0.2) is 0 Å². The first-order chi connectivity index (χ1) is 6.06. The maximum absolute atomic E-state index is 11.5. The van der Waals surface area contributed by atoms with Gasteiger partial charge in [-0.2, -0.15) is 0 Å². The van der Waals surface area contributed by atoms with E-state index in [2.05, 4.69) is 0 Å². The van der Waals surface area contributed by atoms with Crippen LogP contribution >= 0.6 is 11.6 Å². The van der Waals surface area contributed by atoms with Gasteiger partial charge in [-0.1, -0.05) is 0 Å². The summed E-state index contributed by atoms with van der Waals surface area (Å²) in [5.41, 5.74) is 0. The monoisotopic (exact) mass is 227 g/mol. The van der Waals surface area contributed by atoms with Crippen molar-refractivity contribution in [2.24, 2.45) is 0 Å². The Morgan fingerprint density at radius 3 is 2.77 bits per heavy atom. The van der Waals surface area contributed by atoms with E-state index in [0.29, 0.717) is 13.1 Å². The number of halogens is 1. The minimum absolute atomic E-state index is 0.0303. The Bertz CT molecular complexity index is 254. The van der Waals surface area contributed by atoms with Crippen molar-refractivity contribution < 1.29 is 13.2 Å². The van der Waals surface area contributed by atoms with Crippen molar-refractivity contribution in [2.45, 2.75) is 11.8 Å². The van der Waals surface area contributed by atoms with Crippen molar-refractivity contribution in [3.05, 3.63) is 0 Å². The number of hydrogen-bond acceptors (Lipinski definition) is 3. The molecule has 0 radical (unpaired) electrons. The zero-order valence-corrected chi connectivity index (χ0v) is 9.14. The molecule has 0 amide bonds. The minimum atomic E-state index is -3.13. The number of hydrogen-bond donors (Lipinski definition) is 0. The van der Waals surface area contributed by atoms with E-state index in [4.69, 9.17) is 16.3 Å². The predicted octanol–water partition coefficient (Wildman–Crippen LogP) is 0.276. The largest absolute Gasteiger partial charge is 0.384 e. The molecule has 0 aromatic carbocycles. The summed E-state index contributed by atoms with van der Waals surface area (Å²) in [5, 5.41) is -0.0303. The standard InChI is InChI=1S/C7H14ClNO3S/c1-12-4-5-13(10,11)9-3-2-7(8)6-9/h7H,2-6H2,1H3. The highest BCUT2D eigenvalue weighted by molar-refractivity contribution is 7.89. The van der Waals surface area contributed by atoms with Gasteiger partial charge >= 0.3 is 0 Å². The van der Waals surface area contributed by atoms with Crippen molar-refractivity contribution in [2.75, 3.05) is 32.6 Å². The fraction of sp³-hybridized carbons (Fsp3) is 1.00. The van der Waals surface area contributed by atoms with Crippen molar-refractivity contribution in [3.63, 3.8) is 0 Å². The Balaban J connectivity index is 2.50. The number of ether oxygens (including phenoxy) is 1. The Kier molecular flexibility index (Phi) is 3.97. The van der Waals surface area contributed by atoms with Gasteiger partial charge in [0.05, 0.1) is 12.4 Å². The molecule has 1 unspecified atom stereocenters. The molecule has 1 atom stereocenters. The van der Waals surface area contributed by atoms with Gasteiger partial charge in [0, 0.05) is 25.6 Å². The lowest BCUT2D eigenvalue weighted by atomic mass is 10.4. The first-order valence-corrected chi connectivity index (χ1v) is 6.21. The molecule has 0 aliphatic carbocycles. The third-order valence-electron chi connectivity index (χ3n) is 2.03. The summed E-state index contributed by atoms with van der Waals surface area (Å²) >= 11 is 5.81. The van der Waals surface area contributed by atoms with Crippen LogP contribution in [0.4, 0.5) is 0 Å². The van der Waals surface area contributed by atoms with Gasteiger partial charge < -0.3 is 4.74 Å². The predicted molar refractivity (Wildman–Crippen MR) is 51.5 cm³/mol. The molecule has 6 heteroatoms. The normalized spacial score (nSPS) is 25.2. The number of nitrogens with zero attached hydrogens (tertiary/aromatic N) is 1. The Labute approximate surface area is 83.9 Å². The van der Waals surface area contributed by atoms with Gasteiger partial charge in [-0.25, -0.2) is 12.7 Å². The molecule has 0 N–H and O–H groups in total. The van der Waals surface area contributed by atoms with E-state index in [1.807, 2.05) is 0 Å². The highest BCUT2D eigenvalue weighted by atomic mass is 35.5. The SMILES string of the molecule is COCCS(=O)(=O)N1CCC(Cl)C1. The van der Waals surface area contributed by atoms with Crippen LogP contribution in [0.3, 0.4) is 0 Å². The average molecular weight is 228 g/mol. The van der Waals surface area contributed by atoms with Gasteiger partial charge in [-0.3, -0.25) is 0 Å². The fourth-order valence-corrected chi connectivity index (χ4v) is 3.03. The lowest BCUT2D eigenvalue weighted by Crippen LogP contribution is -2.32. The molecule has 78 valence electrons. The first-order valence-electron chi connectivity index (χ1n) is 4.17. The van der Waals surface area contributed by atoms with Crippen molar-refractivity contribution in [3.8, 4) is 0 Å². The van der Waals surface area contributed by atoms with Crippen LogP contribution in [0.5, 0.6) is 0 Å². The van der Waals surface area contributed by atoms with E-state index in [-0.39, 0.29) is 17.7 Å². The van der Waals surface area contributed by atoms with Crippen LogP contribution in [-0.2, 0) is 14.8 Å². The fourth-order valence-electron chi connectivity index (χ4n) is 1.26. The van der Waals surface area contributed by atoms with E-state index < -0.39 is 10.0 Å². The number of sulfonamides is 1. The zero-order valence-electron chi connectivity index (χ0n) is 7.57. The van der Waals surface area contributed by atoms with Gasteiger partial charge in [-0.05, 0) is 6.42 Å². The molecule has 4 nitrogen and oxygen atoms in total. The molecule has 0 spiro atoms. The molecule has 1 heterocycles. The second kappa shape index (κ2) is 4.59. The Hall–Kier alpha value is 0.160. The van der Waals surface area contributed by atoms with Crippen molar-refractivity contribution in [1.29, 1.82) is 0 Å². The molecule has 0 aromatic heterocycles. The summed E-state index contributed by atoms with van der Waals surface area (Å²) < 4.78 is 29.2. The van der Waals surface area contributed by atoms with Crippen LogP contribution < -0.4 is 0 Å². The molecule has 0 saturated carbocycles. The summed E-state index contributed by atoms with van der Waals surface area (Å²) in [6.07, 6.45) is 0.744. The first kappa shape index (κ1) is 11.2. The molecule has 1 aliphatic rings. The van der Waals surface area contributed by atoms with Crippen LogP contribution in [-0.4, -0.2) is 50.7 Å². The zero-order chi connectivity index (χ0) is 9.90. The van der Waals surface area contributed by atoms with E-state index in [1.165, 1.54) is 11.4 Å². The van der Waals surface area contributed by atoms with Gasteiger partial charge in [0.2, 0.25) is 10.0 Å². The lowest BCUT2D eigenvalue weighted by molar-refractivity contribution is 0.216. The van der Waals surface area contributed by atoms with Gasteiger partial charge in [-0.15, -0.1) is 11.6 Å². The van der Waals surface area contributed by atoms with Crippen molar-refractivity contribution in [1.82, 2.24) is 4.31 Å². The smallest absolute Gasteiger partial charge is 0.216 e. The summed E-state index contributed by atoms with van der Waals surface area (Å²) in [7, 11) is -1.64. The van der Waals surface area contributed by atoms with Gasteiger partial charge in [0.25, 0.3) is 0 Å². The average Bonchev–Trinajstić information content (AvgIpc) is 2.49. The molecular formula is C7H14ClNO3S. The molecular weight excluding hydrogens is 214 g/mol. The molecule has 1 rings (SSSR count). The maximum Gasteiger partial charge on any atom is 0.216 e. The van der Waals surface area contributed by atoms with E-state index >= 15 is 0 Å². The topological polar surface area (TPSA) is 46.6 Å². The Morgan fingerprint density at radius 2 is 2.31 bits per heavy atom. The van der Waals surface area contributed by atoms with Crippen LogP contribution in [0.2, 0.25) is 0 Å². The molecule has 1 saturated heterocycles. The number of rotatable bonds is 4. The molecule has 0 aromatic rings. The second-order valence-corrected chi connectivity index (χ2v) is 5.76. The Morgan fingerprint density at radius 1 is 1.62 bits per heavy atom. The van der Waals surface area contributed by atoms with Gasteiger partial charge in [0.1, 0.15) is 0 Å². The lowest BCUT2D eigenvalue weighted by Gasteiger charge is -2.14. The second-order valence-electron chi connectivity index (χ2n) is 3.05. The summed E-state index contributed by atoms with van der Waals surface area (Å²) in [4.78, 5) is 0. The maximum atomic E-state index is 11.5.